The normalized spacial score (nSPS) is 14.0. The molecule has 0 aliphatic rings. The van der Waals surface area contributed by atoms with Gasteiger partial charge in [0.05, 0.1) is 26.4 Å². The number of ether oxygens (including phenoxy) is 4. The van der Waals surface area contributed by atoms with Crippen molar-refractivity contribution in [3.8, 4) is 0 Å². The lowest BCUT2D eigenvalue weighted by atomic mass is 10.0. The Balaban J connectivity index is 5.19. The van der Waals surface area contributed by atoms with E-state index >= 15 is 0 Å². The number of rotatable bonds is 76. The maximum atomic E-state index is 13.1. The van der Waals surface area contributed by atoms with E-state index in [4.69, 9.17) is 37.0 Å². The Hall–Kier alpha value is -1.94. The average molecular weight is 1420 g/mol. The van der Waals surface area contributed by atoms with Crippen molar-refractivity contribution in [2.24, 2.45) is 17.8 Å². The molecule has 0 aromatic carbocycles. The number of unbranched alkanes of at least 4 members (excludes halogenated alkanes) is 44. The lowest BCUT2D eigenvalue weighted by Gasteiger charge is -2.21. The van der Waals surface area contributed by atoms with Crippen molar-refractivity contribution in [1.82, 2.24) is 0 Å². The van der Waals surface area contributed by atoms with E-state index in [1.54, 1.807) is 0 Å². The zero-order valence-electron chi connectivity index (χ0n) is 63.5. The minimum atomic E-state index is -4.96. The van der Waals surface area contributed by atoms with Gasteiger partial charge < -0.3 is 33.8 Å². The van der Waals surface area contributed by atoms with E-state index < -0.39 is 97.5 Å². The number of aliphatic hydroxyl groups is 1. The maximum Gasteiger partial charge on any atom is 0.472 e. The molecule has 0 amide bonds. The van der Waals surface area contributed by atoms with Gasteiger partial charge in [0.15, 0.2) is 12.2 Å². The first kappa shape index (κ1) is 95.1. The maximum absolute atomic E-state index is 13.1. The van der Waals surface area contributed by atoms with Crippen LogP contribution in [0, 0.1) is 17.8 Å². The van der Waals surface area contributed by atoms with Crippen LogP contribution in [0.1, 0.15) is 402 Å². The molecular weight excluding hydrogens is 1270 g/mol. The molecule has 97 heavy (non-hydrogen) atoms. The summed E-state index contributed by atoms with van der Waals surface area (Å²) in [4.78, 5) is 72.8. The Morgan fingerprint density at radius 3 is 0.701 bits per heavy atom. The van der Waals surface area contributed by atoms with Gasteiger partial charge in [-0.05, 0) is 43.4 Å². The Bertz CT molecular complexity index is 1890. The van der Waals surface area contributed by atoms with Crippen LogP contribution in [-0.4, -0.2) is 96.7 Å². The zero-order valence-corrected chi connectivity index (χ0v) is 65.3. The van der Waals surface area contributed by atoms with E-state index in [-0.39, 0.29) is 25.7 Å². The van der Waals surface area contributed by atoms with E-state index in [1.165, 1.54) is 205 Å². The molecule has 0 aromatic heterocycles. The van der Waals surface area contributed by atoms with Crippen LogP contribution in [0.15, 0.2) is 0 Å². The van der Waals surface area contributed by atoms with Gasteiger partial charge in [-0.2, -0.15) is 0 Å². The van der Waals surface area contributed by atoms with E-state index in [2.05, 4.69) is 48.5 Å². The van der Waals surface area contributed by atoms with Crippen molar-refractivity contribution >= 4 is 39.5 Å². The van der Waals surface area contributed by atoms with Gasteiger partial charge in [0.25, 0.3) is 0 Å². The molecule has 2 unspecified atom stereocenters. The first-order chi connectivity index (χ1) is 46.7. The lowest BCUT2D eigenvalue weighted by Crippen LogP contribution is -2.30. The monoisotopic (exact) mass is 1420 g/mol. The number of phosphoric acid groups is 2. The molecule has 0 rings (SSSR count). The Morgan fingerprint density at radius 1 is 0.278 bits per heavy atom. The third-order valence-electron chi connectivity index (χ3n) is 18.1. The molecule has 19 heteroatoms. The van der Waals surface area contributed by atoms with E-state index in [1.807, 2.05) is 0 Å². The second-order valence-corrected chi connectivity index (χ2v) is 32.4. The van der Waals surface area contributed by atoms with Gasteiger partial charge in [-0.15, -0.1) is 0 Å². The van der Waals surface area contributed by atoms with Gasteiger partial charge in [-0.1, -0.05) is 350 Å². The highest BCUT2D eigenvalue weighted by Crippen LogP contribution is 2.45. The smallest absolute Gasteiger partial charge is 0.462 e. The number of aliphatic hydroxyl groups excluding tert-OH is 1. The van der Waals surface area contributed by atoms with Crippen LogP contribution in [0.4, 0.5) is 0 Å². The number of esters is 4. The molecule has 0 radical (unpaired) electrons. The van der Waals surface area contributed by atoms with Crippen molar-refractivity contribution < 1.29 is 80.2 Å². The SMILES string of the molecule is CCCCCCCCCCC(=O)OC[C@H](COP(=O)(O)OC[C@H](O)COP(=O)(O)OC[C@@H](COC(=O)CCCCCCCCCCCCCCC(C)C)OC(=O)CCCCCCCCCCCCCCCCCCCCC(C)C)OC(=O)CCCCCCCCCCCCC(C)C. The van der Waals surface area contributed by atoms with Crippen LogP contribution in [0.25, 0.3) is 0 Å². The number of carbonyl (C=O) groups excluding carboxylic acids is 4. The Labute approximate surface area is 594 Å². The van der Waals surface area contributed by atoms with E-state index in [9.17, 15) is 43.2 Å². The fourth-order valence-corrected chi connectivity index (χ4v) is 13.5. The minimum Gasteiger partial charge on any atom is -0.462 e. The van der Waals surface area contributed by atoms with Crippen LogP contribution in [0.3, 0.4) is 0 Å². The number of phosphoric ester groups is 2. The molecule has 0 saturated carbocycles. The summed E-state index contributed by atoms with van der Waals surface area (Å²) < 4.78 is 68.5. The summed E-state index contributed by atoms with van der Waals surface area (Å²) in [5.41, 5.74) is 0. The van der Waals surface area contributed by atoms with Gasteiger partial charge in [0, 0.05) is 25.7 Å². The van der Waals surface area contributed by atoms with Crippen LogP contribution >= 0.6 is 15.6 Å². The molecule has 0 aliphatic heterocycles. The molecule has 0 saturated heterocycles. The highest BCUT2D eigenvalue weighted by atomic mass is 31.2. The van der Waals surface area contributed by atoms with Gasteiger partial charge in [0.2, 0.25) is 0 Å². The fourth-order valence-electron chi connectivity index (χ4n) is 12.0. The summed E-state index contributed by atoms with van der Waals surface area (Å²) in [6.07, 6.45) is 55.6. The predicted molar refractivity (Wildman–Crippen MR) is 395 cm³/mol. The standard InChI is InChI=1S/C78H152O17P2/c1-8-9-10-11-12-38-45-52-59-75(80)88-65-73(94-78(83)62-55-48-41-34-28-27-31-37-44-51-58-71(6)7)67-92-96(84,85)90-63-72(79)64-91-97(86,87)93-68-74(66-89-76(81)60-53-46-39-32-25-22-21-24-30-36-43-50-57-70(4)5)95-77(82)61-54-47-40-33-26-20-18-16-14-13-15-17-19-23-29-35-42-49-56-69(2)3/h69-74,79H,8-68H2,1-7H3,(H,84,85)(H,86,87)/t72-,73+,74+/m0/s1. The van der Waals surface area contributed by atoms with Gasteiger partial charge in [-0.3, -0.25) is 37.3 Å². The average Bonchev–Trinajstić information content (AvgIpc) is 2.33. The van der Waals surface area contributed by atoms with Crippen LogP contribution in [0.5, 0.6) is 0 Å². The molecule has 0 bridgehead atoms. The number of carbonyl (C=O) groups is 4. The van der Waals surface area contributed by atoms with Crippen molar-refractivity contribution in [2.45, 2.75) is 420 Å². The summed E-state index contributed by atoms with van der Waals surface area (Å²) in [7, 11) is -9.91. The summed E-state index contributed by atoms with van der Waals surface area (Å²) in [6.45, 7) is 11.9. The first-order valence-electron chi connectivity index (χ1n) is 40.3. The highest BCUT2D eigenvalue weighted by Gasteiger charge is 2.30. The lowest BCUT2D eigenvalue weighted by molar-refractivity contribution is -0.161. The predicted octanol–water partition coefficient (Wildman–Crippen LogP) is 23.0. The van der Waals surface area contributed by atoms with Crippen LogP contribution in [0.2, 0.25) is 0 Å². The van der Waals surface area contributed by atoms with E-state index in [0.29, 0.717) is 25.7 Å². The molecular formula is C78H152O17P2. The molecule has 0 aliphatic carbocycles. The Morgan fingerprint density at radius 2 is 0.474 bits per heavy atom. The highest BCUT2D eigenvalue weighted by molar-refractivity contribution is 7.47. The van der Waals surface area contributed by atoms with Crippen molar-refractivity contribution in [3.63, 3.8) is 0 Å². The molecule has 0 fully saturated rings. The number of hydrogen-bond donors (Lipinski definition) is 3. The van der Waals surface area contributed by atoms with Gasteiger partial charge in [-0.25, -0.2) is 9.13 Å². The molecule has 17 nitrogen and oxygen atoms in total. The first-order valence-corrected chi connectivity index (χ1v) is 43.3. The second kappa shape index (κ2) is 68.5. The van der Waals surface area contributed by atoms with Gasteiger partial charge >= 0.3 is 39.5 Å². The number of hydrogen-bond acceptors (Lipinski definition) is 15. The Kier molecular flexibility index (Phi) is 67.1. The molecule has 576 valence electrons. The second-order valence-electron chi connectivity index (χ2n) is 29.5. The molecule has 5 atom stereocenters. The summed E-state index contributed by atoms with van der Waals surface area (Å²) in [5, 5.41) is 10.6. The van der Waals surface area contributed by atoms with Crippen LogP contribution < -0.4 is 0 Å². The molecule has 3 N–H and O–H groups in total. The fraction of sp³-hybridized carbons (Fsp3) is 0.949. The zero-order chi connectivity index (χ0) is 71.6. The quantitative estimate of drug-likeness (QED) is 0.0222. The minimum absolute atomic E-state index is 0.106. The van der Waals surface area contributed by atoms with Crippen molar-refractivity contribution in [3.05, 3.63) is 0 Å². The topological polar surface area (TPSA) is 237 Å². The molecule has 0 heterocycles. The van der Waals surface area contributed by atoms with Crippen molar-refractivity contribution in [2.75, 3.05) is 39.6 Å². The van der Waals surface area contributed by atoms with Crippen molar-refractivity contribution in [1.29, 1.82) is 0 Å². The van der Waals surface area contributed by atoms with Gasteiger partial charge in [0.1, 0.15) is 19.3 Å². The third-order valence-corrected chi connectivity index (χ3v) is 20.0. The third kappa shape index (κ3) is 72.2. The molecule has 0 aromatic rings. The van der Waals surface area contributed by atoms with Crippen LogP contribution in [-0.2, 0) is 65.4 Å². The largest absolute Gasteiger partial charge is 0.472 e. The summed E-state index contributed by atoms with van der Waals surface area (Å²) >= 11 is 0. The summed E-state index contributed by atoms with van der Waals surface area (Å²) in [6, 6.07) is 0. The molecule has 0 spiro atoms. The summed E-state index contributed by atoms with van der Waals surface area (Å²) in [5.74, 6) is 0.237. The van der Waals surface area contributed by atoms with E-state index in [0.717, 1.165) is 114 Å².